The maximum Gasteiger partial charge on any atom is 0.264 e. The predicted octanol–water partition coefficient (Wildman–Crippen LogP) is 0.758. The summed E-state index contributed by atoms with van der Waals surface area (Å²) in [6, 6.07) is 3.79. The van der Waals surface area contributed by atoms with Crippen molar-refractivity contribution >= 4 is 35.2 Å². The summed E-state index contributed by atoms with van der Waals surface area (Å²) in [5.41, 5.74) is 0.737. The highest BCUT2D eigenvalue weighted by Crippen LogP contribution is 2.32. The van der Waals surface area contributed by atoms with Gasteiger partial charge in [-0.3, -0.25) is 34.2 Å². The number of amides is 5. The lowest BCUT2D eigenvalue weighted by Crippen LogP contribution is -2.54. The first-order chi connectivity index (χ1) is 14.4. The summed E-state index contributed by atoms with van der Waals surface area (Å²) < 4.78 is 0. The fourth-order valence-corrected chi connectivity index (χ4v) is 4.20. The van der Waals surface area contributed by atoms with E-state index in [-0.39, 0.29) is 36.4 Å². The summed E-state index contributed by atoms with van der Waals surface area (Å²) >= 11 is 0. The minimum Gasteiger partial charge on any atom is -0.375 e. The molecule has 9 heteroatoms. The van der Waals surface area contributed by atoms with Gasteiger partial charge in [-0.1, -0.05) is 13.0 Å². The quantitative estimate of drug-likeness (QED) is 0.706. The number of likely N-dealkylation sites (tertiary alicyclic amines) is 1. The number of anilines is 1. The van der Waals surface area contributed by atoms with Gasteiger partial charge in [-0.15, -0.1) is 0 Å². The minimum atomic E-state index is -1.01. The average molecular weight is 412 g/mol. The third kappa shape index (κ3) is 3.55. The zero-order chi connectivity index (χ0) is 21.4. The predicted molar refractivity (Wildman–Crippen MR) is 107 cm³/mol. The van der Waals surface area contributed by atoms with Crippen molar-refractivity contribution in [3.8, 4) is 0 Å². The van der Waals surface area contributed by atoms with Crippen LogP contribution in [0.25, 0.3) is 0 Å². The number of hydrogen-bond donors (Lipinski definition) is 2. The molecule has 0 spiro atoms. The standard InChI is InChI=1S/C21H24N4O5/c1-12-7-9-24(10-8-12)17(27)11-22-14-4-2-3-13-18(14)21(30)25(20(13)29)15-5-6-16(26)23-19(15)28/h2-4,12,15,22H,5-11H2,1H3,(H,23,26,28). The number of benzene rings is 1. The van der Waals surface area contributed by atoms with E-state index < -0.39 is 29.7 Å². The molecule has 0 aromatic heterocycles. The van der Waals surface area contributed by atoms with Crippen molar-refractivity contribution in [3.63, 3.8) is 0 Å². The highest BCUT2D eigenvalue weighted by Gasteiger charge is 2.45. The van der Waals surface area contributed by atoms with E-state index in [1.54, 1.807) is 17.0 Å². The first-order valence-corrected chi connectivity index (χ1v) is 10.2. The van der Waals surface area contributed by atoms with Gasteiger partial charge < -0.3 is 10.2 Å². The van der Waals surface area contributed by atoms with Crippen LogP contribution in [0, 0.1) is 5.92 Å². The van der Waals surface area contributed by atoms with Crippen molar-refractivity contribution in [1.29, 1.82) is 0 Å². The monoisotopic (exact) mass is 412 g/mol. The van der Waals surface area contributed by atoms with Crippen LogP contribution in [0.5, 0.6) is 0 Å². The van der Waals surface area contributed by atoms with E-state index in [9.17, 15) is 24.0 Å². The molecule has 2 N–H and O–H groups in total. The molecule has 4 rings (SSSR count). The minimum absolute atomic E-state index is 0.0186. The molecule has 30 heavy (non-hydrogen) atoms. The van der Waals surface area contributed by atoms with Crippen LogP contribution in [-0.4, -0.2) is 65.0 Å². The van der Waals surface area contributed by atoms with Crippen molar-refractivity contribution in [2.45, 2.75) is 38.6 Å². The van der Waals surface area contributed by atoms with Gasteiger partial charge in [0.15, 0.2) is 0 Å². The zero-order valence-corrected chi connectivity index (χ0v) is 16.8. The number of fused-ring (bicyclic) bond motifs is 1. The summed E-state index contributed by atoms with van der Waals surface area (Å²) in [7, 11) is 0. The van der Waals surface area contributed by atoms with Crippen LogP contribution in [0.3, 0.4) is 0 Å². The van der Waals surface area contributed by atoms with Crippen LogP contribution in [-0.2, 0) is 14.4 Å². The van der Waals surface area contributed by atoms with Gasteiger partial charge >= 0.3 is 0 Å². The van der Waals surface area contributed by atoms with Crippen LogP contribution in [0.15, 0.2) is 18.2 Å². The largest absolute Gasteiger partial charge is 0.375 e. The summed E-state index contributed by atoms with van der Waals surface area (Å²) in [6.45, 7) is 3.62. The number of piperidine rings is 2. The number of rotatable bonds is 4. The molecule has 3 aliphatic rings. The Hall–Kier alpha value is -3.23. The molecule has 2 fully saturated rings. The molecular formula is C21H24N4O5. The molecule has 0 radical (unpaired) electrons. The normalized spacial score (nSPS) is 22.2. The van der Waals surface area contributed by atoms with E-state index in [4.69, 9.17) is 0 Å². The van der Waals surface area contributed by atoms with Crippen LogP contribution in [0.4, 0.5) is 5.69 Å². The second-order valence-electron chi connectivity index (χ2n) is 8.09. The van der Waals surface area contributed by atoms with E-state index in [0.717, 1.165) is 30.8 Å². The van der Waals surface area contributed by atoms with Crippen molar-refractivity contribution < 1.29 is 24.0 Å². The second kappa shape index (κ2) is 7.89. The molecular weight excluding hydrogens is 388 g/mol. The summed E-state index contributed by atoms with van der Waals surface area (Å²) in [5, 5.41) is 5.18. The van der Waals surface area contributed by atoms with Gasteiger partial charge in [0, 0.05) is 25.2 Å². The molecule has 0 aliphatic carbocycles. The maximum atomic E-state index is 13.0. The van der Waals surface area contributed by atoms with Gasteiger partial charge in [0.25, 0.3) is 11.8 Å². The lowest BCUT2D eigenvalue weighted by Gasteiger charge is -2.30. The smallest absolute Gasteiger partial charge is 0.264 e. The third-order valence-electron chi connectivity index (χ3n) is 6.03. The Bertz CT molecular complexity index is 935. The Balaban J connectivity index is 1.50. The van der Waals surface area contributed by atoms with E-state index in [0.29, 0.717) is 11.6 Å². The Kier molecular flexibility index (Phi) is 5.27. The number of nitrogens with one attached hydrogen (secondary N) is 2. The average Bonchev–Trinajstić information content (AvgIpc) is 2.98. The van der Waals surface area contributed by atoms with Crippen LogP contribution in [0.1, 0.15) is 53.3 Å². The van der Waals surface area contributed by atoms with Crippen LogP contribution in [0.2, 0.25) is 0 Å². The number of hydrogen-bond acceptors (Lipinski definition) is 6. The van der Waals surface area contributed by atoms with Crippen molar-refractivity contribution in [2.24, 2.45) is 5.92 Å². The molecule has 9 nitrogen and oxygen atoms in total. The molecule has 3 aliphatic heterocycles. The van der Waals surface area contributed by atoms with Gasteiger partial charge in [-0.25, -0.2) is 0 Å². The first-order valence-electron chi connectivity index (χ1n) is 10.2. The van der Waals surface area contributed by atoms with Crippen molar-refractivity contribution in [2.75, 3.05) is 25.0 Å². The first kappa shape index (κ1) is 20.1. The van der Waals surface area contributed by atoms with Crippen molar-refractivity contribution in [1.82, 2.24) is 15.1 Å². The molecule has 2 saturated heterocycles. The van der Waals surface area contributed by atoms with E-state index >= 15 is 0 Å². The van der Waals surface area contributed by atoms with Crippen LogP contribution < -0.4 is 10.6 Å². The second-order valence-corrected chi connectivity index (χ2v) is 8.09. The zero-order valence-electron chi connectivity index (χ0n) is 16.8. The molecule has 158 valence electrons. The van der Waals surface area contributed by atoms with Crippen molar-refractivity contribution in [3.05, 3.63) is 29.3 Å². The van der Waals surface area contributed by atoms with Gasteiger partial charge in [0.2, 0.25) is 17.7 Å². The van der Waals surface area contributed by atoms with Gasteiger partial charge in [0.05, 0.1) is 17.7 Å². The molecule has 1 aromatic carbocycles. The Labute approximate surface area is 173 Å². The van der Waals surface area contributed by atoms with E-state index in [2.05, 4.69) is 17.6 Å². The summed E-state index contributed by atoms with van der Waals surface area (Å²) in [6.07, 6.45) is 2.11. The summed E-state index contributed by atoms with van der Waals surface area (Å²) in [4.78, 5) is 64.7. The fourth-order valence-electron chi connectivity index (χ4n) is 4.20. The molecule has 1 atom stereocenters. The molecule has 0 bridgehead atoms. The molecule has 3 heterocycles. The molecule has 1 unspecified atom stereocenters. The molecule has 0 saturated carbocycles. The lowest BCUT2D eigenvalue weighted by molar-refractivity contribution is -0.136. The van der Waals surface area contributed by atoms with E-state index in [1.807, 2.05) is 0 Å². The maximum absolute atomic E-state index is 13.0. The van der Waals surface area contributed by atoms with E-state index in [1.165, 1.54) is 6.07 Å². The Morgan fingerprint density at radius 2 is 1.83 bits per heavy atom. The Morgan fingerprint density at radius 3 is 2.53 bits per heavy atom. The molecule has 5 amide bonds. The summed E-state index contributed by atoms with van der Waals surface area (Å²) in [5.74, 6) is -1.67. The number of imide groups is 2. The Morgan fingerprint density at radius 1 is 1.10 bits per heavy atom. The topological polar surface area (TPSA) is 116 Å². The lowest BCUT2D eigenvalue weighted by atomic mass is 9.99. The van der Waals surface area contributed by atoms with Gasteiger partial charge in [-0.05, 0) is 37.3 Å². The highest BCUT2D eigenvalue weighted by molar-refractivity contribution is 6.25. The highest BCUT2D eigenvalue weighted by atomic mass is 16.2. The number of carbonyl (C=O) groups excluding carboxylic acids is 5. The number of carbonyl (C=O) groups is 5. The van der Waals surface area contributed by atoms with Crippen LogP contribution >= 0.6 is 0 Å². The van der Waals surface area contributed by atoms with Gasteiger partial charge in [0.1, 0.15) is 6.04 Å². The fraction of sp³-hybridized carbons (Fsp3) is 0.476. The SMILES string of the molecule is CC1CCN(C(=O)CNc2cccc3c2C(=O)N(C2CCC(=O)NC2=O)C3=O)CC1. The molecule has 1 aromatic rings. The third-order valence-corrected chi connectivity index (χ3v) is 6.03. The van der Waals surface area contributed by atoms with Gasteiger partial charge in [-0.2, -0.15) is 0 Å². The number of nitrogens with zero attached hydrogens (tertiary/aromatic N) is 2.